The predicted octanol–water partition coefficient (Wildman–Crippen LogP) is 3.24. The average Bonchev–Trinajstić information content (AvgIpc) is 2.22. The maximum Gasteiger partial charge on any atom is 0.309 e. The fourth-order valence-corrected chi connectivity index (χ4v) is 1.07. The molecule has 0 aromatic heterocycles. The Labute approximate surface area is 86.6 Å². The topological polar surface area (TPSA) is 26.3 Å². The smallest absolute Gasteiger partial charge is 0.309 e. The zero-order valence-corrected chi connectivity index (χ0v) is 9.81. The van der Waals surface area contributed by atoms with Crippen molar-refractivity contribution < 1.29 is 9.53 Å². The van der Waals surface area contributed by atoms with Crippen molar-refractivity contribution in [1.29, 1.82) is 0 Å². The van der Waals surface area contributed by atoms with E-state index in [9.17, 15) is 4.79 Å². The number of rotatable bonds is 4. The van der Waals surface area contributed by atoms with Gasteiger partial charge in [0.2, 0.25) is 0 Å². The molecule has 0 aromatic rings. The number of ether oxygens (including phenoxy) is 1. The highest BCUT2D eigenvalue weighted by molar-refractivity contribution is 5.71. The average molecular weight is 196 g/mol. The van der Waals surface area contributed by atoms with Gasteiger partial charge in [0.05, 0.1) is 13.5 Å². The lowest BCUT2D eigenvalue weighted by Crippen LogP contribution is -1.98. The molecule has 0 amide bonds. The summed E-state index contributed by atoms with van der Waals surface area (Å²) in [6.45, 7) is 8.36. The monoisotopic (exact) mass is 196 g/mol. The van der Waals surface area contributed by atoms with Crippen LogP contribution in [0, 0.1) is 0 Å². The molecule has 2 nitrogen and oxygen atoms in total. The summed E-state index contributed by atoms with van der Waals surface area (Å²) in [5.74, 6) is -0.189. The first-order valence-electron chi connectivity index (χ1n) is 4.93. The van der Waals surface area contributed by atoms with Crippen molar-refractivity contribution >= 4 is 5.97 Å². The molecule has 0 saturated heterocycles. The highest BCUT2D eigenvalue weighted by atomic mass is 16.5. The molecule has 0 aliphatic heterocycles. The zero-order chi connectivity index (χ0) is 11.1. The van der Waals surface area contributed by atoms with Gasteiger partial charge in [-0.3, -0.25) is 4.79 Å². The normalized spacial score (nSPS) is 13.6. The minimum atomic E-state index is -0.189. The summed E-state index contributed by atoms with van der Waals surface area (Å²) in [6.07, 6.45) is 3.33. The number of esters is 1. The van der Waals surface area contributed by atoms with E-state index in [0.29, 0.717) is 6.42 Å². The van der Waals surface area contributed by atoms with E-state index < -0.39 is 0 Å². The summed E-state index contributed by atoms with van der Waals surface area (Å²) in [7, 11) is 1.41. The van der Waals surface area contributed by atoms with E-state index in [0.717, 1.165) is 12.0 Å². The van der Waals surface area contributed by atoms with Crippen LogP contribution < -0.4 is 0 Å². The molecule has 0 rings (SSSR count). The van der Waals surface area contributed by atoms with E-state index in [1.165, 1.54) is 18.3 Å². The first-order valence-corrected chi connectivity index (χ1v) is 4.93. The Bertz CT molecular complexity index is 259. The molecule has 0 bridgehead atoms. The van der Waals surface area contributed by atoms with Gasteiger partial charge >= 0.3 is 5.97 Å². The third kappa shape index (κ3) is 4.26. The maximum absolute atomic E-state index is 10.9. The minimum Gasteiger partial charge on any atom is -0.469 e. The molecule has 0 saturated carbocycles. The zero-order valence-electron chi connectivity index (χ0n) is 9.81. The Morgan fingerprint density at radius 2 is 1.86 bits per heavy atom. The van der Waals surface area contributed by atoms with Gasteiger partial charge in [0.25, 0.3) is 0 Å². The van der Waals surface area contributed by atoms with Crippen molar-refractivity contribution in [3.05, 3.63) is 22.8 Å². The number of allylic oxidation sites excluding steroid dienone is 3. The highest BCUT2D eigenvalue weighted by Gasteiger charge is 2.00. The molecule has 80 valence electrons. The largest absolute Gasteiger partial charge is 0.469 e. The van der Waals surface area contributed by atoms with Gasteiger partial charge in [-0.1, -0.05) is 24.1 Å². The predicted molar refractivity (Wildman–Crippen MR) is 59.1 cm³/mol. The van der Waals surface area contributed by atoms with Gasteiger partial charge in [-0.05, 0) is 32.8 Å². The molecule has 0 radical (unpaired) electrons. The second-order valence-electron chi connectivity index (χ2n) is 3.43. The Morgan fingerprint density at radius 3 is 2.29 bits per heavy atom. The van der Waals surface area contributed by atoms with Crippen molar-refractivity contribution in [2.75, 3.05) is 7.11 Å². The third-order valence-corrected chi connectivity index (χ3v) is 2.56. The van der Waals surface area contributed by atoms with Crippen molar-refractivity contribution in [3.8, 4) is 0 Å². The van der Waals surface area contributed by atoms with Crippen molar-refractivity contribution in [2.45, 2.75) is 40.5 Å². The molecule has 2 heteroatoms. The second kappa shape index (κ2) is 6.41. The van der Waals surface area contributed by atoms with Crippen LogP contribution in [-0.4, -0.2) is 13.1 Å². The lowest BCUT2D eigenvalue weighted by atomic mass is 10.0. The van der Waals surface area contributed by atoms with E-state index in [1.54, 1.807) is 0 Å². The van der Waals surface area contributed by atoms with Crippen LogP contribution in [0.4, 0.5) is 0 Å². The van der Waals surface area contributed by atoms with Gasteiger partial charge in [0.15, 0.2) is 0 Å². The van der Waals surface area contributed by atoms with E-state index >= 15 is 0 Å². The molecule has 0 N–H and O–H groups in total. The number of carbonyl (C=O) groups is 1. The third-order valence-electron chi connectivity index (χ3n) is 2.56. The summed E-state index contributed by atoms with van der Waals surface area (Å²) in [4.78, 5) is 10.9. The molecule has 0 fully saturated rings. The van der Waals surface area contributed by atoms with Crippen LogP contribution in [0.15, 0.2) is 22.8 Å². The van der Waals surface area contributed by atoms with Crippen LogP contribution in [0.2, 0.25) is 0 Å². The van der Waals surface area contributed by atoms with Crippen LogP contribution in [-0.2, 0) is 9.53 Å². The van der Waals surface area contributed by atoms with Crippen LogP contribution in [0.1, 0.15) is 40.5 Å². The number of methoxy groups -OCH3 is 1. The standard InChI is InChI=1S/C12H20O2/c1-6-9(2)11(4)10(3)7-8-12(13)14-5/h7H,6,8H2,1-5H3/b10-7-,11-9-. The summed E-state index contributed by atoms with van der Waals surface area (Å²) in [5, 5.41) is 0. The van der Waals surface area contributed by atoms with E-state index in [4.69, 9.17) is 0 Å². The fourth-order valence-electron chi connectivity index (χ4n) is 1.07. The van der Waals surface area contributed by atoms with Gasteiger partial charge < -0.3 is 4.74 Å². The van der Waals surface area contributed by atoms with E-state index in [2.05, 4.69) is 25.5 Å². The van der Waals surface area contributed by atoms with Crippen LogP contribution in [0.5, 0.6) is 0 Å². The van der Waals surface area contributed by atoms with Crippen LogP contribution >= 0.6 is 0 Å². The highest BCUT2D eigenvalue weighted by Crippen LogP contribution is 2.16. The van der Waals surface area contributed by atoms with Gasteiger partial charge in [-0.2, -0.15) is 0 Å². The quantitative estimate of drug-likeness (QED) is 0.509. The van der Waals surface area contributed by atoms with E-state index in [1.807, 2.05) is 13.0 Å². The first-order chi connectivity index (χ1) is 6.52. The van der Waals surface area contributed by atoms with Crippen molar-refractivity contribution in [1.82, 2.24) is 0 Å². The molecule has 0 spiro atoms. The summed E-state index contributed by atoms with van der Waals surface area (Å²) < 4.78 is 4.57. The number of carbonyl (C=O) groups excluding carboxylic acids is 1. The SMILES string of the molecule is CC/C(C)=C(C)\C(C)=C/CC(=O)OC. The molecule has 0 aliphatic carbocycles. The fraction of sp³-hybridized carbons (Fsp3) is 0.583. The minimum absolute atomic E-state index is 0.189. The second-order valence-corrected chi connectivity index (χ2v) is 3.43. The van der Waals surface area contributed by atoms with Crippen LogP contribution in [0.25, 0.3) is 0 Å². The molecule has 0 aliphatic rings. The van der Waals surface area contributed by atoms with Gasteiger partial charge in [-0.15, -0.1) is 0 Å². The molecule has 0 aromatic carbocycles. The Kier molecular flexibility index (Phi) is 5.93. The molecular weight excluding hydrogens is 176 g/mol. The van der Waals surface area contributed by atoms with Crippen molar-refractivity contribution in [3.63, 3.8) is 0 Å². The van der Waals surface area contributed by atoms with Gasteiger partial charge in [-0.25, -0.2) is 0 Å². The number of hydrogen-bond acceptors (Lipinski definition) is 2. The van der Waals surface area contributed by atoms with Gasteiger partial charge in [0.1, 0.15) is 0 Å². The molecule has 0 unspecified atom stereocenters. The van der Waals surface area contributed by atoms with Crippen molar-refractivity contribution in [2.24, 2.45) is 0 Å². The molecular formula is C12H20O2. The summed E-state index contributed by atoms with van der Waals surface area (Å²) >= 11 is 0. The molecule has 0 heterocycles. The lowest BCUT2D eigenvalue weighted by Gasteiger charge is -2.06. The summed E-state index contributed by atoms with van der Waals surface area (Å²) in [6, 6.07) is 0. The lowest BCUT2D eigenvalue weighted by molar-refractivity contribution is -0.139. The van der Waals surface area contributed by atoms with Crippen LogP contribution in [0.3, 0.4) is 0 Å². The summed E-state index contributed by atoms with van der Waals surface area (Å²) in [5.41, 5.74) is 3.80. The molecule has 14 heavy (non-hydrogen) atoms. The van der Waals surface area contributed by atoms with E-state index in [-0.39, 0.29) is 5.97 Å². The number of hydrogen-bond donors (Lipinski definition) is 0. The maximum atomic E-state index is 10.9. The molecule has 0 atom stereocenters. The Balaban J connectivity index is 4.46. The first kappa shape index (κ1) is 12.9. The Morgan fingerprint density at radius 1 is 1.29 bits per heavy atom. The van der Waals surface area contributed by atoms with Gasteiger partial charge in [0, 0.05) is 0 Å². The Hall–Kier alpha value is -1.05.